The first kappa shape index (κ1) is 27.8. The van der Waals surface area contributed by atoms with Crippen LogP contribution in [0.5, 0.6) is 11.8 Å². The van der Waals surface area contributed by atoms with Crippen LogP contribution in [0.2, 0.25) is 0 Å². The third kappa shape index (κ3) is 4.16. The molecule has 44 heavy (non-hydrogen) atoms. The number of aryl methyl sites for hydroxylation is 1. The molecule has 13 heteroatoms. The van der Waals surface area contributed by atoms with Gasteiger partial charge in [0.05, 0.1) is 10.9 Å². The summed E-state index contributed by atoms with van der Waals surface area (Å²) in [5.41, 5.74) is 0.968. The van der Waals surface area contributed by atoms with Gasteiger partial charge in [0.2, 0.25) is 0 Å². The highest BCUT2D eigenvalue weighted by molar-refractivity contribution is 7.94. The third-order valence-corrected chi connectivity index (χ3v) is 12.0. The Bertz CT molecular complexity index is 1930. The Balaban J connectivity index is 1.26. The van der Waals surface area contributed by atoms with Crippen molar-refractivity contribution in [3.63, 3.8) is 0 Å². The smallest absolute Gasteiger partial charge is 0.319 e. The van der Waals surface area contributed by atoms with Crippen molar-refractivity contribution in [2.45, 2.75) is 55.1 Å². The van der Waals surface area contributed by atoms with E-state index in [-0.39, 0.29) is 42.7 Å². The molecule has 2 unspecified atom stereocenters. The molecule has 0 aliphatic carbocycles. The molecule has 2 aromatic heterocycles. The van der Waals surface area contributed by atoms with Crippen LogP contribution in [0.3, 0.4) is 0 Å². The summed E-state index contributed by atoms with van der Waals surface area (Å²) in [4.78, 5) is 17.6. The number of fused-ring (bicyclic) bond motifs is 5. The van der Waals surface area contributed by atoms with Gasteiger partial charge in [-0.05, 0) is 54.3 Å². The minimum Gasteiger partial charge on any atom is -0.508 e. The fraction of sp³-hybridized carbons (Fsp3) is 0.452. The van der Waals surface area contributed by atoms with E-state index in [0.717, 1.165) is 35.7 Å². The number of phenolic OH excluding ortho intramolecular Hbond substituents is 1. The van der Waals surface area contributed by atoms with Crippen LogP contribution in [0.1, 0.15) is 31.7 Å². The van der Waals surface area contributed by atoms with Crippen molar-refractivity contribution in [2.24, 2.45) is 0 Å². The molecule has 2 aromatic carbocycles. The quantitative estimate of drug-likeness (QED) is 0.329. The van der Waals surface area contributed by atoms with Gasteiger partial charge in [0.1, 0.15) is 46.3 Å². The van der Waals surface area contributed by atoms with Gasteiger partial charge >= 0.3 is 6.01 Å². The van der Waals surface area contributed by atoms with Crippen LogP contribution in [-0.4, -0.2) is 88.6 Å². The first-order chi connectivity index (χ1) is 21.2. The maximum atomic E-state index is 16.7. The highest BCUT2D eigenvalue weighted by Gasteiger charge is 2.52. The lowest BCUT2D eigenvalue weighted by molar-refractivity contribution is 0.107. The third-order valence-electron chi connectivity index (χ3n) is 9.80. The fourth-order valence-electron chi connectivity index (χ4n) is 7.62. The average Bonchev–Trinajstić information content (AvgIpc) is 3.55. The Morgan fingerprint density at radius 3 is 2.77 bits per heavy atom. The van der Waals surface area contributed by atoms with Gasteiger partial charge in [-0.25, -0.2) is 17.2 Å². The maximum Gasteiger partial charge on any atom is 0.319 e. The van der Waals surface area contributed by atoms with Gasteiger partial charge in [-0.15, -0.1) is 0 Å². The van der Waals surface area contributed by atoms with Gasteiger partial charge < -0.3 is 14.7 Å². The lowest BCUT2D eigenvalue weighted by Gasteiger charge is -2.47. The van der Waals surface area contributed by atoms with Crippen molar-refractivity contribution in [1.29, 1.82) is 0 Å². The van der Waals surface area contributed by atoms with E-state index in [1.807, 2.05) is 25.1 Å². The molecule has 2 N–H and O–H groups in total. The number of sulfone groups is 1. The summed E-state index contributed by atoms with van der Waals surface area (Å²) in [6.07, 6.45) is 3.36. The first-order valence-corrected chi connectivity index (χ1v) is 16.6. The Labute approximate surface area is 253 Å². The lowest BCUT2D eigenvalue weighted by atomic mass is 9.95. The number of rotatable bonds is 6. The first-order valence-electron chi connectivity index (χ1n) is 15.0. The van der Waals surface area contributed by atoms with E-state index >= 15 is 4.39 Å². The molecule has 4 atom stereocenters. The summed E-state index contributed by atoms with van der Waals surface area (Å²) in [5.74, 6) is -0.384. The monoisotopic (exact) mass is 622 g/mol. The molecule has 5 aliphatic heterocycles. The summed E-state index contributed by atoms with van der Waals surface area (Å²) in [7, 11) is -3.27. The number of pyridine rings is 1. The van der Waals surface area contributed by atoms with E-state index < -0.39 is 38.1 Å². The Morgan fingerprint density at radius 1 is 1.18 bits per heavy atom. The molecule has 4 aromatic rings. The van der Waals surface area contributed by atoms with Crippen LogP contribution in [0.15, 0.2) is 36.5 Å². The molecule has 10 nitrogen and oxygen atoms in total. The summed E-state index contributed by atoms with van der Waals surface area (Å²) < 4.78 is 62.3. The van der Waals surface area contributed by atoms with Gasteiger partial charge in [0.25, 0.3) is 0 Å². The number of benzene rings is 2. The van der Waals surface area contributed by atoms with Crippen molar-refractivity contribution in [1.82, 2.24) is 25.2 Å². The second-order valence-electron chi connectivity index (χ2n) is 12.4. The number of aromatic hydroxyl groups is 1. The van der Waals surface area contributed by atoms with Crippen LogP contribution in [0.25, 0.3) is 32.9 Å². The van der Waals surface area contributed by atoms with Crippen LogP contribution < -0.4 is 15.0 Å². The molecule has 9 rings (SSSR count). The largest absolute Gasteiger partial charge is 0.508 e. The number of alkyl halides is 1. The van der Waals surface area contributed by atoms with Gasteiger partial charge in [-0.3, -0.25) is 15.2 Å². The summed E-state index contributed by atoms with van der Waals surface area (Å²) in [5, 5.41) is 14.0. The van der Waals surface area contributed by atoms with Crippen molar-refractivity contribution in [3.05, 3.63) is 47.9 Å². The number of aromatic nitrogens is 3. The minimum atomic E-state index is -3.27. The number of hydrogen-bond acceptors (Lipinski definition) is 10. The number of phenols is 1. The normalized spacial score (nSPS) is 27.5. The lowest BCUT2D eigenvalue weighted by Crippen LogP contribution is -2.73. The van der Waals surface area contributed by atoms with Crippen molar-refractivity contribution in [3.8, 4) is 23.0 Å². The Kier molecular flexibility index (Phi) is 6.27. The predicted molar refractivity (Wildman–Crippen MR) is 162 cm³/mol. The molecular formula is C31H32F2N6O4S. The SMILES string of the molecule is CCc1cccc2cc(O)cc(-c3ncc4c(N5CC6NC(C5)S6(=O)=O)nc(OC[C@@]56CCCN5C[C@H](F)C6)nc4c3F)c12. The molecular weight excluding hydrogens is 590 g/mol. The number of piperazine rings is 1. The average molecular weight is 623 g/mol. The molecule has 5 fully saturated rings. The van der Waals surface area contributed by atoms with Crippen molar-refractivity contribution < 1.29 is 27.0 Å². The molecule has 230 valence electrons. The van der Waals surface area contributed by atoms with Crippen molar-refractivity contribution in [2.75, 3.05) is 37.7 Å². The summed E-state index contributed by atoms with van der Waals surface area (Å²) >= 11 is 0. The second-order valence-corrected chi connectivity index (χ2v) is 14.7. The number of ether oxygens (including phenoxy) is 1. The van der Waals surface area contributed by atoms with Crippen LogP contribution >= 0.6 is 0 Å². The molecule has 0 amide bonds. The van der Waals surface area contributed by atoms with E-state index in [1.54, 1.807) is 11.0 Å². The van der Waals surface area contributed by atoms with Crippen LogP contribution in [-0.2, 0) is 16.3 Å². The molecule has 0 spiro atoms. The zero-order chi connectivity index (χ0) is 30.4. The van der Waals surface area contributed by atoms with Gasteiger partial charge in [0, 0.05) is 37.8 Å². The van der Waals surface area contributed by atoms with E-state index in [4.69, 9.17) is 4.74 Å². The van der Waals surface area contributed by atoms with Crippen molar-refractivity contribution >= 4 is 37.3 Å². The number of nitrogens with zero attached hydrogens (tertiary/aromatic N) is 5. The number of nitrogens with one attached hydrogen (secondary N) is 1. The second kappa shape index (κ2) is 9.91. The Hall–Kier alpha value is -3.68. The fourth-order valence-corrected chi connectivity index (χ4v) is 9.27. The van der Waals surface area contributed by atoms with E-state index in [9.17, 15) is 17.9 Å². The molecule has 7 heterocycles. The summed E-state index contributed by atoms with van der Waals surface area (Å²) in [6, 6.07) is 8.82. The standard InChI is InChI=1S/C31H32F2N6O4S/c1-2-17-5-3-6-18-9-20(40)10-21(25(17)18)27-26(33)28-22(12-34-27)29(38-14-23-35-24(15-38)44(23,41)42)37-30(36-28)43-16-31-7-4-8-39(31)13-19(32)11-31/h3,5-6,9-10,12,19,23-24,35,40H,2,4,7-8,11,13-16H2,1H3/t19-,23?,24?,31+/m1/s1. The number of halogens is 2. The van der Waals surface area contributed by atoms with E-state index in [0.29, 0.717) is 36.2 Å². The maximum absolute atomic E-state index is 16.7. The number of hydrogen-bond donors (Lipinski definition) is 2. The van der Waals surface area contributed by atoms with Gasteiger partial charge in [-0.2, -0.15) is 9.97 Å². The summed E-state index contributed by atoms with van der Waals surface area (Å²) in [6.45, 7) is 3.60. The zero-order valence-electron chi connectivity index (χ0n) is 24.1. The highest BCUT2D eigenvalue weighted by atomic mass is 32.2. The van der Waals surface area contributed by atoms with Gasteiger partial charge in [0.15, 0.2) is 15.7 Å². The minimum absolute atomic E-state index is 0.0150. The highest BCUT2D eigenvalue weighted by Crippen LogP contribution is 2.42. The topological polar surface area (TPSA) is 121 Å². The molecule has 0 radical (unpaired) electrons. The molecule has 5 aliphatic rings. The van der Waals surface area contributed by atoms with Gasteiger partial charge in [-0.1, -0.05) is 25.1 Å². The van der Waals surface area contributed by atoms with Crippen LogP contribution in [0, 0.1) is 5.82 Å². The molecule has 2 bridgehead atoms. The molecule has 0 saturated carbocycles. The zero-order valence-corrected chi connectivity index (χ0v) is 24.9. The number of anilines is 1. The van der Waals surface area contributed by atoms with E-state index in [1.165, 1.54) is 12.3 Å². The predicted octanol–water partition coefficient (Wildman–Crippen LogP) is 3.70. The Morgan fingerprint density at radius 2 is 2.00 bits per heavy atom. The molecule has 5 saturated heterocycles. The van der Waals surface area contributed by atoms with E-state index in [2.05, 4.69) is 25.2 Å². The van der Waals surface area contributed by atoms with Crippen LogP contribution in [0.4, 0.5) is 14.6 Å².